The van der Waals surface area contributed by atoms with Crippen LogP contribution in [0.5, 0.6) is 0 Å². The molecule has 0 saturated heterocycles. The van der Waals surface area contributed by atoms with Gasteiger partial charge in [-0.1, -0.05) is 296 Å². The fourth-order valence-corrected chi connectivity index (χ4v) is 16.9. The van der Waals surface area contributed by atoms with Crippen LogP contribution in [0.3, 0.4) is 0 Å². The van der Waals surface area contributed by atoms with Crippen molar-refractivity contribution in [3.05, 3.63) is 350 Å². The highest BCUT2D eigenvalue weighted by Gasteiger charge is 2.31. The molecule has 2 heterocycles. The number of fused-ring (bicyclic) bond motifs is 8. The van der Waals surface area contributed by atoms with Gasteiger partial charge in [-0.2, -0.15) is 0 Å². The number of rotatable bonds is 15. The monoisotopic (exact) mass is 1400 g/mol. The molecule has 4 heteroatoms. The lowest BCUT2D eigenvalue weighted by Gasteiger charge is -2.33. The van der Waals surface area contributed by atoms with Crippen molar-refractivity contribution >= 4 is 99.3 Å². The van der Waals surface area contributed by atoms with Gasteiger partial charge < -0.3 is 18.9 Å². The molecule has 0 radical (unpaired) electrons. The Kier molecular flexibility index (Phi) is 17.3. The molecule has 0 amide bonds. The van der Waals surface area contributed by atoms with Crippen LogP contribution in [-0.2, 0) is 21.7 Å². The predicted octanol–water partition coefficient (Wildman–Crippen LogP) is 29.8. The zero-order valence-electron chi connectivity index (χ0n) is 64.4. The molecule has 17 rings (SSSR count). The van der Waals surface area contributed by atoms with Gasteiger partial charge in [0.2, 0.25) is 0 Å². The van der Waals surface area contributed by atoms with Crippen LogP contribution in [-0.4, -0.2) is 9.13 Å². The summed E-state index contributed by atoms with van der Waals surface area (Å²) in [5, 5.41) is 9.44. The maximum Gasteiger partial charge on any atom is 0.0542 e. The number of nitrogens with zero attached hydrogens (tertiary/aromatic N) is 4. The molecule has 0 spiro atoms. The maximum atomic E-state index is 2.58. The second-order valence-electron chi connectivity index (χ2n) is 33.4. The van der Waals surface area contributed by atoms with E-state index in [1.54, 1.807) is 0 Å². The fraction of sp³-hybridized carbons (Fsp3) is 0.173. The normalized spacial score (nSPS) is 12.3. The highest BCUT2D eigenvalue weighted by Crippen LogP contribution is 2.53. The number of benzene rings is 15. The molecule has 4 nitrogen and oxygen atoms in total. The molecule has 0 aliphatic heterocycles. The van der Waals surface area contributed by atoms with E-state index in [0.717, 1.165) is 113 Å². The van der Waals surface area contributed by atoms with Gasteiger partial charge in [0.05, 0.1) is 22.1 Å². The molecule has 0 bridgehead atoms. The van der Waals surface area contributed by atoms with E-state index in [4.69, 9.17) is 0 Å². The molecule has 108 heavy (non-hydrogen) atoms. The first-order chi connectivity index (χ1) is 52.2. The SMILES string of the molecule is CCCC(C)(C)c1cc(N(c2ccc3c(-c4ccccc4-c4ccccc4)c4cc(N(c5cc(C(C)(C)C)cc(C(C)(C)C)c5)c5ccc6c(c5)c5ccccc5n6-c5ccccc5)ccc4c(-c4ccccc4-c4ccccc4)c3c2)c2ccc3c(c2)c2ccccc2n3-c2ccccc2)cc(C(C)(C)C)c1. The molecule has 530 valence electrons. The van der Waals surface area contributed by atoms with E-state index in [9.17, 15) is 0 Å². The largest absolute Gasteiger partial charge is 0.310 e. The lowest BCUT2D eigenvalue weighted by atomic mass is 9.77. The molecule has 0 unspecified atom stereocenters. The number of hydrogen-bond acceptors (Lipinski definition) is 2. The van der Waals surface area contributed by atoms with Crippen molar-refractivity contribution in [1.82, 2.24) is 9.13 Å². The second kappa shape index (κ2) is 27.1. The average molecular weight is 1400 g/mol. The number of para-hydroxylation sites is 4. The zero-order valence-corrected chi connectivity index (χ0v) is 64.4. The Bertz CT molecular complexity index is 6240. The fourth-order valence-electron chi connectivity index (χ4n) is 16.9. The first-order valence-electron chi connectivity index (χ1n) is 38.6. The van der Waals surface area contributed by atoms with E-state index in [0.29, 0.717) is 0 Å². The van der Waals surface area contributed by atoms with Gasteiger partial charge >= 0.3 is 0 Å². The van der Waals surface area contributed by atoms with Crippen molar-refractivity contribution in [1.29, 1.82) is 0 Å². The number of anilines is 6. The lowest BCUT2D eigenvalue weighted by molar-refractivity contribution is 0.471. The Balaban J connectivity index is 1.01. The topological polar surface area (TPSA) is 16.3 Å². The smallest absolute Gasteiger partial charge is 0.0542 e. The van der Waals surface area contributed by atoms with Crippen molar-refractivity contribution in [3.8, 4) is 55.9 Å². The molecule has 0 atom stereocenters. The summed E-state index contributed by atoms with van der Waals surface area (Å²) in [6.07, 6.45) is 2.14. The van der Waals surface area contributed by atoms with Gasteiger partial charge in [0.25, 0.3) is 0 Å². The first kappa shape index (κ1) is 69.1. The van der Waals surface area contributed by atoms with Gasteiger partial charge in [-0.3, -0.25) is 0 Å². The third-order valence-corrected chi connectivity index (χ3v) is 22.6. The van der Waals surface area contributed by atoms with Gasteiger partial charge in [0.1, 0.15) is 0 Å². The molecule has 0 N–H and O–H groups in total. The van der Waals surface area contributed by atoms with E-state index in [-0.39, 0.29) is 21.7 Å². The summed E-state index contributed by atoms with van der Waals surface area (Å²) in [5.41, 5.74) is 27.5. The van der Waals surface area contributed by atoms with E-state index >= 15 is 0 Å². The van der Waals surface area contributed by atoms with Crippen molar-refractivity contribution < 1.29 is 0 Å². The van der Waals surface area contributed by atoms with Crippen LogP contribution in [0.15, 0.2) is 328 Å². The number of aromatic nitrogens is 2. The van der Waals surface area contributed by atoms with Gasteiger partial charge in [-0.15, -0.1) is 0 Å². The van der Waals surface area contributed by atoms with Crippen LogP contribution >= 0.6 is 0 Å². The Labute approximate surface area is 637 Å². The van der Waals surface area contributed by atoms with Gasteiger partial charge in [-0.05, 0) is 238 Å². The van der Waals surface area contributed by atoms with Crippen molar-refractivity contribution in [2.75, 3.05) is 9.80 Å². The third-order valence-electron chi connectivity index (χ3n) is 22.6. The minimum absolute atomic E-state index is 0.102. The van der Waals surface area contributed by atoms with Crippen molar-refractivity contribution in [2.24, 2.45) is 0 Å². The predicted molar refractivity (Wildman–Crippen MR) is 465 cm³/mol. The Morgan fingerprint density at radius 3 is 0.926 bits per heavy atom. The summed E-state index contributed by atoms with van der Waals surface area (Å²) < 4.78 is 4.85. The molecular formula is C104H94N4. The van der Waals surface area contributed by atoms with Gasteiger partial charge in [-0.25, -0.2) is 0 Å². The van der Waals surface area contributed by atoms with Gasteiger partial charge in [0, 0.05) is 67.0 Å². The first-order valence-corrected chi connectivity index (χ1v) is 38.6. The van der Waals surface area contributed by atoms with Crippen LogP contribution in [0, 0.1) is 0 Å². The van der Waals surface area contributed by atoms with Crippen molar-refractivity contribution in [2.45, 2.75) is 118 Å². The minimum atomic E-state index is -0.155. The van der Waals surface area contributed by atoms with Crippen LogP contribution in [0.4, 0.5) is 34.1 Å². The van der Waals surface area contributed by atoms with Crippen LogP contribution in [0.2, 0.25) is 0 Å². The van der Waals surface area contributed by atoms with E-state index in [2.05, 4.69) is 430 Å². The standard InChI is InChI=1S/C104H94N4/c1-13-58-104(11,12)74-60-73(103(8,9)10)63-82(64-74)106(80-53-57-98-92(66-80)86-45-31-33-49-96(86)108(98)76-40-24-17-25-41-76)78-51-55-90-94(68-78)100(88-47-29-27-43-84(88)70-36-20-15-21-37-70)89-54-50-77(67-93(89)99(90)87-46-28-26-42-83(87)69-34-18-14-19-35-69)105(81-61-71(101(2,3)4)59-72(62-81)102(5,6)7)79-52-56-97-91(65-79)85-44-30-32-48-95(85)107(97)75-38-22-16-23-39-75/h14-57,59-68H,13,58H2,1-12H3. The highest BCUT2D eigenvalue weighted by atomic mass is 15.2. The Morgan fingerprint density at radius 2 is 0.546 bits per heavy atom. The molecule has 2 aromatic heterocycles. The summed E-state index contributed by atoms with van der Waals surface area (Å²) in [6, 6.07) is 124. The van der Waals surface area contributed by atoms with Gasteiger partial charge in [0.15, 0.2) is 0 Å². The Morgan fingerprint density at radius 1 is 0.241 bits per heavy atom. The Hall–Kier alpha value is -12.0. The molecule has 0 aliphatic rings. The van der Waals surface area contributed by atoms with Crippen molar-refractivity contribution in [3.63, 3.8) is 0 Å². The molecule has 15 aromatic carbocycles. The molecule has 0 saturated carbocycles. The van der Waals surface area contributed by atoms with E-state index in [1.807, 2.05) is 0 Å². The van der Waals surface area contributed by atoms with Crippen LogP contribution in [0.25, 0.3) is 121 Å². The minimum Gasteiger partial charge on any atom is -0.310 e. The average Bonchev–Trinajstić information content (AvgIpc) is 0.850. The summed E-state index contributed by atoms with van der Waals surface area (Å²) in [4.78, 5) is 5.14. The van der Waals surface area contributed by atoms with Crippen LogP contribution < -0.4 is 9.80 Å². The summed E-state index contributed by atoms with van der Waals surface area (Å²) in [7, 11) is 0. The van der Waals surface area contributed by atoms with E-state index in [1.165, 1.54) is 77.1 Å². The quantitative estimate of drug-likeness (QED) is 0.0951. The highest BCUT2D eigenvalue weighted by molar-refractivity contribution is 6.25. The van der Waals surface area contributed by atoms with Crippen LogP contribution in [0.1, 0.15) is 118 Å². The summed E-state index contributed by atoms with van der Waals surface area (Å²) in [6.45, 7) is 28.4. The zero-order chi connectivity index (χ0) is 74.4. The number of hydrogen-bond donors (Lipinski definition) is 0. The third kappa shape index (κ3) is 12.4. The molecule has 0 aliphatic carbocycles. The summed E-state index contributed by atoms with van der Waals surface area (Å²) >= 11 is 0. The summed E-state index contributed by atoms with van der Waals surface area (Å²) in [5.74, 6) is 0. The maximum absolute atomic E-state index is 2.58. The molecule has 17 aromatic rings. The lowest BCUT2D eigenvalue weighted by Crippen LogP contribution is -2.21. The second-order valence-corrected chi connectivity index (χ2v) is 33.4. The van der Waals surface area contributed by atoms with E-state index < -0.39 is 0 Å². The molecule has 0 fully saturated rings. The molecular weight excluding hydrogens is 1310 g/mol.